The van der Waals surface area contributed by atoms with Crippen LogP contribution in [0.25, 0.3) is 16.9 Å². The van der Waals surface area contributed by atoms with E-state index in [2.05, 4.69) is 15.2 Å². The number of esters is 1. The smallest absolute Gasteiger partial charge is 0.307 e. The van der Waals surface area contributed by atoms with Crippen LogP contribution in [-0.4, -0.2) is 35.3 Å². The summed E-state index contributed by atoms with van der Waals surface area (Å²) in [6.07, 6.45) is 1.82. The number of benzene rings is 2. The zero-order valence-corrected chi connectivity index (χ0v) is 14.4. The van der Waals surface area contributed by atoms with Gasteiger partial charge in [-0.2, -0.15) is 5.10 Å². The lowest BCUT2D eigenvalue weighted by molar-refractivity contribution is -0.140. The van der Waals surface area contributed by atoms with Gasteiger partial charge in [-0.1, -0.05) is 48.5 Å². The fraction of sp³-hybridized carbons (Fsp3) is 0.150. The van der Waals surface area contributed by atoms with Crippen molar-refractivity contribution < 1.29 is 14.3 Å². The molecule has 0 aliphatic heterocycles. The monoisotopic (exact) mass is 349 g/mol. The third kappa shape index (κ3) is 3.97. The molecule has 6 nitrogen and oxygen atoms in total. The number of aromatic nitrogens is 2. The molecule has 0 fully saturated rings. The molecule has 2 aromatic carbocycles. The van der Waals surface area contributed by atoms with Crippen LogP contribution in [0.3, 0.4) is 0 Å². The Morgan fingerprint density at radius 1 is 1.04 bits per heavy atom. The van der Waals surface area contributed by atoms with Gasteiger partial charge in [0, 0.05) is 18.3 Å². The van der Waals surface area contributed by atoms with Crippen LogP contribution in [-0.2, 0) is 9.53 Å². The molecule has 132 valence electrons. The van der Waals surface area contributed by atoms with Crippen LogP contribution in [0, 0.1) is 0 Å². The fourth-order valence-corrected chi connectivity index (χ4v) is 2.54. The van der Waals surface area contributed by atoms with Gasteiger partial charge in [0.05, 0.1) is 24.8 Å². The first-order valence-electron chi connectivity index (χ1n) is 8.24. The number of hydrogen-bond donors (Lipinski definition) is 1. The second kappa shape index (κ2) is 8.11. The average molecular weight is 349 g/mol. The van der Waals surface area contributed by atoms with Crippen LogP contribution in [0.5, 0.6) is 0 Å². The largest absolute Gasteiger partial charge is 0.469 e. The van der Waals surface area contributed by atoms with E-state index in [1.54, 1.807) is 10.9 Å². The molecule has 0 aliphatic rings. The molecule has 0 unspecified atom stereocenters. The van der Waals surface area contributed by atoms with Crippen LogP contribution in [0.15, 0.2) is 66.9 Å². The Bertz CT molecular complexity index is 889. The number of nitrogens with zero attached hydrogens (tertiary/aromatic N) is 2. The minimum atomic E-state index is -0.367. The SMILES string of the molecule is COC(=O)CCNC(=O)c1cn(-c2ccccc2)nc1-c1ccccc1. The zero-order valence-electron chi connectivity index (χ0n) is 14.4. The van der Waals surface area contributed by atoms with Gasteiger partial charge in [-0.15, -0.1) is 0 Å². The number of nitrogens with one attached hydrogen (secondary N) is 1. The molecular weight excluding hydrogens is 330 g/mol. The lowest BCUT2D eigenvalue weighted by Gasteiger charge is -2.04. The van der Waals surface area contributed by atoms with E-state index in [0.29, 0.717) is 11.3 Å². The number of carbonyl (C=O) groups is 2. The summed E-state index contributed by atoms with van der Waals surface area (Å²) >= 11 is 0. The summed E-state index contributed by atoms with van der Waals surface area (Å²) in [6.45, 7) is 0.205. The molecular formula is C20H19N3O3. The highest BCUT2D eigenvalue weighted by molar-refractivity contribution is 6.00. The van der Waals surface area contributed by atoms with Crippen LogP contribution in [0.1, 0.15) is 16.8 Å². The lowest BCUT2D eigenvalue weighted by Crippen LogP contribution is -2.26. The maximum Gasteiger partial charge on any atom is 0.307 e. The van der Waals surface area contributed by atoms with Crippen molar-refractivity contribution in [2.24, 2.45) is 0 Å². The molecule has 0 bridgehead atoms. The van der Waals surface area contributed by atoms with Crippen molar-refractivity contribution >= 4 is 11.9 Å². The summed E-state index contributed by atoms with van der Waals surface area (Å²) in [5.41, 5.74) is 2.74. The second-order valence-electron chi connectivity index (χ2n) is 5.62. The maximum absolute atomic E-state index is 12.6. The minimum absolute atomic E-state index is 0.121. The summed E-state index contributed by atoms with van der Waals surface area (Å²) in [5, 5.41) is 7.34. The molecule has 1 aromatic heterocycles. The quantitative estimate of drug-likeness (QED) is 0.695. The van der Waals surface area contributed by atoms with Gasteiger partial charge in [-0.3, -0.25) is 9.59 Å². The third-order valence-electron chi connectivity index (χ3n) is 3.87. The van der Waals surface area contributed by atoms with Gasteiger partial charge < -0.3 is 10.1 Å². The first kappa shape index (κ1) is 17.4. The van der Waals surface area contributed by atoms with Gasteiger partial charge in [0.1, 0.15) is 5.69 Å². The van der Waals surface area contributed by atoms with Crippen LogP contribution in [0.4, 0.5) is 0 Å². The Morgan fingerprint density at radius 3 is 2.35 bits per heavy atom. The second-order valence-corrected chi connectivity index (χ2v) is 5.62. The maximum atomic E-state index is 12.6. The summed E-state index contributed by atoms with van der Waals surface area (Å²) in [7, 11) is 1.32. The molecule has 3 aromatic rings. The molecule has 3 rings (SSSR count). The van der Waals surface area contributed by atoms with Crippen molar-refractivity contribution in [3.8, 4) is 16.9 Å². The predicted octanol–water partition coefficient (Wildman–Crippen LogP) is 2.83. The van der Waals surface area contributed by atoms with E-state index in [4.69, 9.17) is 0 Å². The first-order valence-corrected chi connectivity index (χ1v) is 8.24. The molecule has 1 amide bonds. The predicted molar refractivity (Wildman–Crippen MR) is 98.0 cm³/mol. The minimum Gasteiger partial charge on any atom is -0.469 e. The Kier molecular flexibility index (Phi) is 5.43. The van der Waals surface area contributed by atoms with Gasteiger partial charge in [0.15, 0.2) is 0 Å². The number of methoxy groups -OCH3 is 1. The van der Waals surface area contributed by atoms with E-state index < -0.39 is 0 Å². The van der Waals surface area contributed by atoms with E-state index in [1.165, 1.54) is 7.11 Å². The van der Waals surface area contributed by atoms with Gasteiger partial charge in [-0.05, 0) is 12.1 Å². The number of ether oxygens (including phenoxy) is 1. The summed E-state index contributed by atoms with van der Waals surface area (Å²) in [5.74, 6) is -0.650. The van der Waals surface area contributed by atoms with Crippen LogP contribution < -0.4 is 5.32 Å². The molecule has 0 radical (unpaired) electrons. The van der Waals surface area contributed by atoms with Gasteiger partial charge in [-0.25, -0.2) is 4.68 Å². The number of hydrogen-bond acceptors (Lipinski definition) is 4. The van der Waals surface area contributed by atoms with E-state index >= 15 is 0 Å². The molecule has 0 aliphatic carbocycles. The molecule has 0 spiro atoms. The lowest BCUT2D eigenvalue weighted by atomic mass is 10.1. The standard InChI is InChI=1S/C20H19N3O3/c1-26-18(24)12-13-21-20(25)17-14-23(16-10-6-3-7-11-16)22-19(17)15-8-4-2-5-9-15/h2-11,14H,12-13H2,1H3,(H,21,25). The average Bonchev–Trinajstić information content (AvgIpc) is 3.14. The Morgan fingerprint density at radius 2 is 1.69 bits per heavy atom. The fourth-order valence-electron chi connectivity index (χ4n) is 2.54. The molecule has 0 saturated carbocycles. The van der Waals surface area contributed by atoms with E-state index in [-0.39, 0.29) is 24.8 Å². The molecule has 1 heterocycles. The van der Waals surface area contributed by atoms with Gasteiger partial charge >= 0.3 is 5.97 Å². The number of carbonyl (C=O) groups excluding carboxylic acids is 2. The van der Waals surface area contributed by atoms with E-state index in [0.717, 1.165) is 11.3 Å². The first-order chi connectivity index (χ1) is 12.7. The molecule has 0 atom stereocenters. The molecule has 0 saturated heterocycles. The highest BCUT2D eigenvalue weighted by Crippen LogP contribution is 2.23. The topological polar surface area (TPSA) is 73.2 Å². The third-order valence-corrected chi connectivity index (χ3v) is 3.87. The highest BCUT2D eigenvalue weighted by Gasteiger charge is 2.18. The Labute approximate surface area is 151 Å². The Balaban J connectivity index is 1.91. The van der Waals surface area contributed by atoms with Crippen LogP contribution >= 0.6 is 0 Å². The van der Waals surface area contributed by atoms with Gasteiger partial charge in [0.25, 0.3) is 5.91 Å². The molecule has 26 heavy (non-hydrogen) atoms. The van der Waals surface area contributed by atoms with E-state index in [1.807, 2.05) is 60.7 Å². The van der Waals surface area contributed by atoms with Crippen molar-refractivity contribution in [2.75, 3.05) is 13.7 Å². The summed E-state index contributed by atoms with van der Waals surface area (Å²) in [4.78, 5) is 23.9. The number of rotatable bonds is 6. The Hall–Kier alpha value is -3.41. The van der Waals surface area contributed by atoms with Crippen LogP contribution in [0.2, 0.25) is 0 Å². The van der Waals surface area contributed by atoms with Gasteiger partial charge in [0.2, 0.25) is 0 Å². The van der Waals surface area contributed by atoms with Crippen molar-refractivity contribution in [1.29, 1.82) is 0 Å². The van der Waals surface area contributed by atoms with Crippen molar-refractivity contribution in [3.63, 3.8) is 0 Å². The van der Waals surface area contributed by atoms with Crippen molar-refractivity contribution in [2.45, 2.75) is 6.42 Å². The normalized spacial score (nSPS) is 10.3. The van der Waals surface area contributed by atoms with Crippen molar-refractivity contribution in [3.05, 3.63) is 72.4 Å². The number of para-hydroxylation sites is 1. The number of amides is 1. The highest BCUT2D eigenvalue weighted by atomic mass is 16.5. The molecule has 6 heteroatoms. The van der Waals surface area contributed by atoms with E-state index in [9.17, 15) is 9.59 Å². The molecule has 1 N–H and O–H groups in total. The summed E-state index contributed by atoms with van der Waals surface area (Å²) in [6, 6.07) is 19.1. The summed E-state index contributed by atoms with van der Waals surface area (Å²) < 4.78 is 6.26. The van der Waals surface area contributed by atoms with Crippen molar-refractivity contribution in [1.82, 2.24) is 15.1 Å². The zero-order chi connectivity index (χ0) is 18.4.